The number of rotatable bonds is 5. The Hall–Kier alpha value is -1.44. The second-order valence-corrected chi connectivity index (χ2v) is 7.72. The summed E-state index contributed by atoms with van der Waals surface area (Å²) in [5.41, 5.74) is 1.79. The summed E-state index contributed by atoms with van der Waals surface area (Å²) in [5.74, 6) is 0. The lowest BCUT2D eigenvalue weighted by molar-refractivity contribution is 0.599. The maximum Gasteiger partial charge on any atom is 0.263 e. The number of anilines is 1. The van der Waals surface area contributed by atoms with Crippen LogP contribution in [0.5, 0.6) is 0 Å². The summed E-state index contributed by atoms with van der Waals surface area (Å²) in [4.78, 5) is 5.90. The summed E-state index contributed by atoms with van der Waals surface area (Å²) < 4.78 is 27.7. The number of hydrogen-bond donors (Lipinski definition) is 2. The van der Waals surface area contributed by atoms with Crippen molar-refractivity contribution in [3.8, 4) is 0 Å². The van der Waals surface area contributed by atoms with Gasteiger partial charge >= 0.3 is 0 Å². The Morgan fingerprint density at radius 3 is 2.86 bits per heavy atom. The van der Waals surface area contributed by atoms with E-state index in [2.05, 4.69) is 15.0 Å². The maximum absolute atomic E-state index is 12.6. The second kappa shape index (κ2) is 5.75. The molecule has 1 aromatic carbocycles. The van der Waals surface area contributed by atoms with Crippen molar-refractivity contribution in [3.63, 3.8) is 0 Å². The monoisotopic (exact) mass is 323 g/mol. The van der Waals surface area contributed by atoms with Crippen LogP contribution in [0.3, 0.4) is 0 Å². The predicted molar refractivity (Wildman–Crippen MR) is 84.2 cm³/mol. The molecule has 5 nitrogen and oxygen atoms in total. The van der Waals surface area contributed by atoms with Crippen LogP contribution in [0.1, 0.15) is 22.6 Å². The highest BCUT2D eigenvalue weighted by atomic mass is 32.2. The Kier molecular flexibility index (Phi) is 3.97. The third kappa shape index (κ3) is 2.95. The van der Waals surface area contributed by atoms with Crippen molar-refractivity contribution in [3.05, 3.63) is 40.4 Å². The Balaban J connectivity index is 1.89. The first-order chi connectivity index (χ1) is 10.1. The molecule has 112 valence electrons. The zero-order chi connectivity index (χ0) is 14.9. The van der Waals surface area contributed by atoms with Crippen LogP contribution >= 0.6 is 11.3 Å². The van der Waals surface area contributed by atoms with Gasteiger partial charge in [0.25, 0.3) is 10.0 Å². The number of nitrogens with one attached hydrogen (secondary N) is 2. The van der Waals surface area contributed by atoms with Gasteiger partial charge in [0.15, 0.2) is 5.13 Å². The molecule has 2 N–H and O–H groups in total. The van der Waals surface area contributed by atoms with Crippen molar-refractivity contribution in [2.45, 2.75) is 30.7 Å². The highest BCUT2D eigenvalue weighted by Crippen LogP contribution is 2.31. The van der Waals surface area contributed by atoms with E-state index in [0.29, 0.717) is 16.6 Å². The minimum absolute atomic E-state index is 0.301. The molecule has 0 fully saturated rings. The summed E-state index contributed by atoms with van der Waals surface area (Å²) in [6.45, 7) is 0.505. The van der Waals surface area contributed by atoms with Gasteiger partial charge in [-0.05, 0) is 37.9 Å². The Morgan fingerprint density at radius 1 is 1.29 bits per heavy atom. The molecule has 0 saturated heterocycles. The molecule has 1 aliphatic rings. The van der Waals surface area contributed by atoms with E-state index in [1.165, 1.54) is 16.2 Å². The van der Waals surface area contributed by atoms with Gasteiger partial charge < -0.3 is 5.32 Å². The zero-order valence-corrected chi connectivity index (χ0v) is 13.4. The lowest BCUT2D eigenvalue weighted by atomic mass is 10.2. The van der Waals surface area contributed by atoms with E-state index in [-0.39, 0.29) is 0 Å². The maximum atomic E-state index is 12.6. The highest BCUT2D eigenvalue weighted by molar-refractivity contribution is 7.93. The molecule has 1 aliphatic carbocycles. The van der Waals surface area contributed by atoms with Gasteiger partial charge in [-0.3, -0.25) is 4.72 Å². The van der Waals surface area contributed by atoms with Gasteiger partial charge in [-0.15, -0.1) is 11.3 Å². The van der Waals surface area contributed by atoms with Gasteiger partial charge in [-0.2, -0.15) is 0 Å². The molecule has 1 heterocycles. The molecule has 0 atom stereocenters. The van der Waals surface area contributed by atoms with E-state index >= 15 is 0 Å². The topological polar surface area (TPSA) is 71.1 Å². The Morgan fingerprint density at radius 2 is 2.10 bits per heavy atom. The third-order valence-electron chi connectivity index (χ3n) is 3.45. The van der Waals surface area contributed by atoms with E-state index in [9.17, 15) is 8.42 Å². The van der Waals surface area contributed by atoms with Crippen molar-refractivity contribution in [2.75, 3.05) is 11.8 Å². The van der Waals surface area contributed by atoms with Crippen molar-refractivity contribution < 1.29 is 8.42 Å². The minimum Gasteiger partial charge on any atom is -0.316 e. The van der Waals surface area contributed by atoms with Crippen molar-refractivity contribution >= 4 is 26.5 Å². The fourth-order valence-corrected chi connectivity index (χ4v) is 5.03. The van der Waals surface area contributed by atoms with Gasteiger partial charge in [0.1, 0.15) is 0 Å². The number of benzene rings is 1. The summed E-state index contributed by atoms with van der Waals surface area (Å²) in [6.07, 6.45) is 3.07. The molecule has 0 radical (unpaired) electrons. The van der Waals surface area contributed by atoms with Crippen molar-refractivity contribution in [1.82, 2.24) is 10.3 Å². The first-order valence-corrected chi connectivity index (χ1v) is 9.14. The van der Waals surface area contributed by atoms with Crippen molar-refractivity contribution in [1.29, 1.82) is 0 Å². The van der Waals surface area contributed by atoms with Crippen LogP contribution in [0.2, 0.25) is 0 Å². The average Bonchev–Trinajstić information content (AvgIpc) is 3.00. The molecule has 1 aromatic heterocycles. The SMILES string of the molecule is CNCc1ccccc1S(=O)(=O)Nc1nc2c(s1)CCC2. The van der Waals surface area contributed by atoms with Crippen LogP contribution in [0, 0.1) is 0 Å². The largest absolute Gasteiger partial charge is 0.316 e. The molecule has 0 bridgehead atoms. The zero-order valence-electron chi connectivity index (χ0n) is 11.7. The minimum atomic E-state index is -3.60. The molecule has 7 heteroatoms. The Labute approximate surface area is 128 Å². The fraction of sp³-hybridized carbons (Fsp3) is 0.357. The number of sulfonamides is 1. The first-order valence-electron chi connectivity index (χ1n) is 6.84. The molecule has 21 heavy (non-hydrogen) atoms. The van der Waals surface area contributed by atoms with E-state index < -0.39 is 10.0 Å². The van der Waals surface area contributed by atoms with Gasteiger partial charge in [-0.1, -0.05) is 18.2 Å². The average molecular weight is 323 g/mol. The predicted octanol–water partition coefficient (Wildman–Crippen LogP) is 2.15. The molecule has 2 aromatic rings. The van der Waals surface area contributed by atoms with Crippen molar-refractivity contribution in [2.24, 2.45) is 0 Å². The normalized spacial score (nSPS) is 14.1. The number of thiazole rings is 1. The summed E-state index contributed by atoms with van der Waals surface area (Å²) >= 11 is 1.45. The van der Waals surface area contributed by atoms with Crippen LogP contribution in [0.25, 0.3) is 0 Å². The van der Waals surface area contributed by atoms with Crippen LogP contribution in [-0.4, -0.2) is 20.4 Å². The fourth-order valence-electron chi connectivity index (χ4n) is 2.51. The van der Waals surface area contributed by atoms with Crippen LogP contribution in [0.4, 0.5) is 5.13 Å². The van der Waals surface area contributed by atoms with Gasteiger partial charge in [-0.25, -0.2) is 13.4 Å². The van der Waals surface area contributed by atoms with Crippen LogP contribution in [0.15, 0.2) is 29.2 Å². The van der Waals surface area contributed by atoms with E-state index in [0.717, 1.165) is 30.5 Å². The second-order valence-electron chi connectivity index (χ2n) is 4.99. The molecular weight excluding hydrogens is 306 g/mol. The molecule has 0 aliphatic heterocycles. The number of aryl methyl sites for hydroxylation is 2. The number of aromatic nitrogens is 1. The molecule has 3 rings (SSSR count). The molecule has 0 amide bonds. The molecular formula is C14H17N3O2S2. The highest BCUT2D eigenvalue weighted by Gasteiger charge is 2.22. The van der Waals surface area contributed by atoms with Gasteiger partial charge in [0.05, 0.1) is 10.6 Å². The quantitative estimate of drug-likeness (QED) is 0.884. The molecule has 0 spiro atoms. The van der Waals surface area contributed by atoms with Crippen LogP contribution in [-0.2, 0) is 29.4 Å². The summed E-state index contributed by atoms with van der Waals surface area (Å²) in [5, 5.41) is 3.46. The first kappa shape index (κ1) is 14.5. The standard InChI is InChI=1S/C14H17N3O2S2/c1-15-9-10-5-2-3-8-13(10)21(18,19)17-14-16-11-6-4-7-12(11)20-14/h2-3,5,8,15H,4,6-7,9H2,1H3,(H,16,17). The number of nitrogens with zero attached hydrogens (tertiary/aromatic N) is 1. The molecule has 0 saturated carbocycles. The van der Waals surface area contributed by atoms with E-state index in [4.69, 9.17) is 0 Å². The smallest absolute Gasteiger partial charge is 0.263 e. The Bertz CT molecular complexity index is 732. The van der Waals surface area contributed by atoms with Gasteiger partial charge in [0, 0.05) is 11.4 Å². The third-order valence-corrected chi connectivity index (χ3v) is 6.09. The summed E-state index contributed by atoms with van der Waals surface area (Å²) in [7, 11) is -1.80. The van der Waals surface area contributed by atoms with E-state index in [1.807, 2.05) is 12.1 Å². The molecule has 0 unspecified atom stereocenters. The number of fused-ring (bicyclic) bond motifs is 1. The summed E-state index contributed by atoms with van der Waals surface area (Å²) in [6, 6.07) is 7.00. The lowest BCUT2D eigenvalue weighted by Gasteiger charge is -2.10. The van der Waals surface area contributed by atoms with Gasteiger partial charge in [0.2, 0.25) is 0 Å². The lowest BCUT2D eigenvalue weighted by Crippen LogP contribution is -2.17. The number of hydrogen-bond acceptors (Lipinski definition) is 5. The van der Waals surface area contributed by atoms with E-state index in [1.54, 1.807) is 19.2 Å². The van der Waals surface area contributed by atoms with Crippen LogP contribution < -0.4 is 10.0 Å².